The highest BCUT2D eigenvalue weighted by Gasteiger charge is 2.17. The third-order valence-corrected chi connectivity index (χ3v) is 3.99. The number of rotatable bonds is 4. The lowest BCUT2D eigenvalue weighted by molar-refractivity contribution is 0.546. The van der Waals surface area contributed by atoms with Crippen LogP contribution in [0.2, 0.25) is 10.0 Å². The minimum absolute atomic E-state index is 0.187. The van der Waals surface area contributed by atoms with Gasteiger partial charge in [-0.05, 0) is 54.3 Å². The number of nitrogens with one attached hydrogen (secondary N) is 1. The minimum atomic E-state index is -0.266. The Hall–Kier alpha value is -1.13. The lowest BCUT2D eigenvalue weighted by Gasteiger charge is -2.20. The average molecular weight is 313 g/mol. The first-order chi connectivity index (χ1) is 9.52. The van der Waals surface area contributed by atoms with E-state index in [4.69, 9.17) is 29.0 Å². The van der Waals surface area contributed by atoms with Gasteiger partial charge in [-0.25, -0.2) is 4.39 Å². The maximum Gasteiger partial charge on any atom is 0.123 e. The molecule has 0 aliphatic rings. The van der Waals surface area contributed by atoms with E-state index >= 15 is 0 Å². The molecule has 0 aromatic heterocycles. The molecular weight excluding hydrogens is 298 g/mol. The monoisotopic (exact) mass is 312 g/mol. The minimum Gasteiger partial charge on any atom is -0.271 e. The zero-order valence-corrected chi connectivity index (χ0v) is 12.5. The number of halogens is 3. The van der Waals surface area contributed by atoms with Crippen LogP contribution >= 0.6 is 23.2 Å². The second-order valence-electron chi connectivity index (χ2n) is 4.62. The van der Waals surface area contributed by atoms with Gasteiger partial charge in [0.1, 0.15) is 5.82 Å². The van der Waals surface area contributed by atoms with Gasteiger partial charge in [0, 0.05) is 10.0 Å². The van der Waals surface area contributed by atoms with E-state index in [0.29, 0.717) is 16.5 Å². The van der Waals surface area contributed by atoms with E-state index in [1.54, 1.807) is 24.3 Å². The Morgan fingerprint density at radius 3 is 2.40 bits per heavy atom. The van der Waals surface area contributed by atoms with Gasteiger partial charge in [0.05, 0.1) is 6.04 Å². The van der Waals surface area contributed by atoms with E-state index in [1.807, 2.05) is 6.92 Å². The summed E-state index contributed by atoms with van der Waals surface area (Å²) in [4.78, 5) is 0. The van der Waals surface area contributed by atoms with Crippen molar-refractivity contribution >= 4 is 23.2 Å². The molecule has 2 nitrogen and oxygen atoms in total. The van der Waals surface area contributed by atoms with Crippen molar-refractivity contribution in [2.24, 2.45) is 5.84 Å². The summed E-state index contributed by atoms with van der Waals surface area (Å²) in [5, 5.41) is 1.19. The molecule has 20 heavy (non-hydrogen) atoms. The van der Waals surface area contributed by atoms with Gasteiger partial charge < -0.3 is 0 Å². The van der Waals surface area contributed by atoms with Gasteiger partial charge in [0.25, 0.3) is 0 Å². The largest absolute Gasteiger partial charge is 0.271 e. The van der Waals surface area contributed by atoms with Gasteiger partial charge in [-0.3, -0.25) is 11.3 Å². The van der Waals surface area contributed by atoms with Crippen molar-refractivity contribution in [3.8, 4) is 0 Å². The highest BCUT2D eigenvalue weighted by Crippen LogP contribution is 2.30. The molecule has 0 saturated carbocycles. The number of hydrogen-bond acceptors (Lipinski definition) is 2. The molecule has 106 valence electrons. The molecule has 2 rings (SSSR count). The predicted molar refractivity (Wildman–Crippen MR) is 81.4 cm³/mol. The first-order valence-corrected chi connectivity index (χ1v) is 6.93. The van der Waals surface area contributed by atoms with Crippen molar-refractivity contribution in [1.29, 1.82) is 0 Å². The van der Waals surface area contributed by atoms with Gasteiger partial charge in [-0.2, -0.15) is 0 Å². The first-order valence-electron chi connectivity index (χ1n) is 6.18. The van der Waals surface area contributed by atoms with Crippen LogP contribution in [0.3, 0.4) is 0 Å². The SMILES string of the molecule is Cc1cc(F)ccc1C(Cc1c(Cl)cccc1Cl)NN. The summed E-state index contributed by atoms with van der Waals surface area (Å²) in [7, 11) is 0. The topological polar surface area (TPSA) is 38.0 Å². The Bertz CT molecular complexity index is 597. The Balaban J connectivity index is 2.34. The van der Waals surface area contributed by atoms with Gasteiger partial charge in [0.15, 0.2) is 0 Å². The first kappa shape index (κ1) is 15.3. The second-order valence-corrected chi connectivity index (χ2v) is 5.44. The molecule has 1 unspecified atom stereocenters. The van der Waals surface area contributed by atoms with Gasteiger partial charge >= 0.3 is 0 Å². The van der Waals surface area contributed by atoms with Crippen LogP contribution in [-0.4, -0.2) is 0 Å². The lowest BCUT2D eigenvalue weighted by atomic mass is 9.95. The van der Waals surface area contributed by atoms with Crippen LogP contribution in [0.15, 0.2) is 36.4 Å². The molecule has 2 aromatic rings. The normalized spacial score (nSPS) is 12.4. The molecule has 0 amide bonds. The molecule has 0 aliphatic heterocycles. The maximum absolute atomic E-state index is 13.2. The fourth-order valence-corrected chi connectivity index (χ4v) is 2.77. The Labute approximate surface area is 127 Å². The van der Waals surface area contributed by atoms with E-state index in [1.165, 1.54) is 12.1 Å². The number of hydrogen-bond donors (Lipinski definition) is 2. The Morgan fingerprint density at radius 1 is 1.20 bits per heavy atom. The molecule has 0 fully saturated rings. The average Bonchev–Trinajstić information content (AvgIpc) is 2.40. The Morgan fingerprint density at radius 2 is 1.85 bits per heavy atom. The molecule has 0 saturated heterocycles. The molecule has 3 N–H and O–H groups in total. The van der Waals surface area contributed by atoms with Crippen LogP contribution in [-0.2, 0) is 6.42 Å². The zero-order valence-electron chi connectivity index (χ0n) is 11.0. The quantitative estimate of drug-likeness (QED) is 0.656. The van der Waals surface area contributed by atoms with Gasteiger partial charge in [-0.1, -0.05) is 35.3 Å². The molecule has 0 heterocycles. The van der Waals surface area contributed by atoms with Gasteiger partial charge in [0.2, 0.25) is 0 Å². The predicted octanol–water partition coefficient (Wildman–Crippen LogP) is 4.19. The highest BCUT2D eigenvalue weighted by atomic mass is 35.5. The van der Waals surface area contributed by atoms with Crippen LogP contribution in [0, 0.1) is 12.7 Å². The summed E-state index contributed by atoms with van der Waals surface area (Å²) in [6, 6.07) is 9.80. The lowest BCUT2D eigenvalue weighted by Crippen LogP contribution is -2.30. The zero-order chi connectivity index (χ0) is 14.7. The summed E-state index contributed by atoms with van der Waals surface area (Å²) >= 11 is 12.3. The van der Waals surface area contributed by atoms with Crippen LogP contribution in [0.4, 0.5) is 4.39 Å². The summed E-state index contributed by atoms with van der Waals surface area (Å²) in [5.74, 6) is 5.36. The number of aryl methyl sites for hydroxylation is 1. The van der Waals surface area contributed by atoms with Crippen LogP contribution < -0.4 is 11.3 Å². The van der Waals surface area contributed by atoms with Crippen molar-refractivity contribution in [2.45, 2.75) is 19.4 Å². The maximum atomic E-state index is 13.2. The van der Waals surface area contributed by atoms with E-state index in [0.717, 1.165) is 16.7 Å². The van der Waals surface area contributed by atoms with Crippen molar-refractivity contribution in [1.82, 2.24) is 5.43 Å². The summed E-state index contributed by atoms with van der Waals surface area (Å²) < 4.78 is 13.2. The number of benzene rings is 2. The van der Waals surface area contributed by atoms with E-state index in [9.17, 15) is 4.39 Å². The summed E-state index contributed by atoms with van der Waals surface area (Å²) in [6.07, 6.45) is 0.529. The fraction of sp³-hybridized carbons (Fsp3) is 0.200. The molecule has 0 radical (unpaired) electrons. The van der Waals surface area contributed by atoms with Crippen molar-refractivity contribution in [3.63, 3.8) is 0 Å². The summed E-state index contributed by atoms with van der Waals surface area (Å²) in [5.41, 5.74) is 5.31. The Kier molecular flexibility index (Phi) is 5.00. The van der Waals surface area contributed by atoms with E-state index in [2.05, 4.69) is 5.43 Å². The van der Waals surface area contributed by atoms with Crippen LogP contribution in [0.5, 0.6) is 0 Å². The molecule has 0 bridgehead atoms. The van der Waals surface area contributed by atoms with Crippen molar-refractivity contribution in [2.75, 3.05) is 0 Å². The van der Waals surface area contributed by atoms with Crippen molar-refractivity contribution < 1.29 is 4.39 Å². The smallest absolute Gasteiger partial charge is 0.123 e. The molecular formula is C15H15Cl2FN2. The van der Waals surface area contributed by atoms with E-state index < -0.39 is 0 Å². The number of nitrogens with two attached hydrogens (primary N) is 1. The molecule has 2 aromatic carbocycles. The third kappa shape index (κ3) is 3.30. The van der Waals surface area contributed by atoms with E-state index in [-0.39, 0.29) is 11.9 Å². The molecule has 0 aliphatic carbocycles. The standard InChI is InChI=1S/C15H15Cl2FN2/c1-9-7-10(18)5-6-11(9)15(20-19)8-12-13(16)3-2-4-14(12)17/h2-7,15,20H,8,19H2,1H3. The molecule has 1 atom stereocenters. The van der Waals surface area contributed by atoms with Crippen LogP contribution in [0.25, 0.3) is 0 Å². The molecule has 5 heteroatoms. The van der Waals surface area contributed by atoms with Crippen molar-refractivity contribution in [3.05, 3.63) is 69.0 Å². The summed E-state index contributed by atoms with van der Waals surface area (Å²) in [6.45, 7) is 1.84. The van der Waals surface area contributed by atoms with Crippen LogP contribution in [0.1, 0.15) is 22.7 Å². The highest BCUT2D eigenvalue weighted by molar-refractivity contribution is 6.36. The number of hydrazine groups is 1. The third-order valence-electron chi connectivity index (χ3n) is 3.28. The second kappa shape index (κ2) is 6.55. The molecule has 0 spiro atoms. The fourth-order valence-electron chi connectivity index (χ4n) is 2.22. The van der Waals surface area contributed by atoms with Gasteiger partial charge in [-0.15, -0.1) is 0 Å².